The number of rotatable bonds is 2. The topological polar surface area (TPSA) is 46.2 Å². The predicted octanol–water partition coefficient (Wildman–Crippen LogP) is -0.361. The van der Waals surface area contributed by atoms with Gasteiger partial charge >= 0.3 is 0 Å². The van der Waals surface area contributed by atoms with Crippen molar-refractivity contribution in [1.82, 2.24) is 5.32 Å². The Bertz CT molecular complexity index is 210. The van der Waals surface area contributed by atoms with Crippen molar-refractivity contribution in [3.8, 4) is 0 Å². The first-order chi connectivity index (χ1) is 4.49. The Morgan fingerprint density at radius 3 is 2.30 bits per heavy atom. The monoisotopic (exact) mass is 163 g/mol. The van der Waals surface area contributed by atoms with Gasteiger partial charge in [-0.25, -0.2) is 8.42 Å². The summed E-state index contributed by atoms with van der Waals surface area (Å²) in [4.78, 5) is 0. The van der Waals surface area contributed by atoms with E-state index >= 15 is 0 Å². The SMILES string of the molecule is C[C@@H]1NCC1CS(C)(=O)=O. The quantitative estimate of drug-likeness (QED) is 0.604. The van der Waals surface area contributed by atoms with Crippen LogP contribution in [0, 0.1) is 5.92 Å². The lowest BCUT2D eigenvalue weighted by atomic mass is 9.96. The smallest absolute Gasteiger partial charge is 0.147 e. The van der Waals surface area contributed by atoms with E-state index in [0.29, 0.717) is 17.7 Å². The van der Waals surface area contributed by atoms with Crippen LogP contribution in [0.15, 0.2) is 0 Å². The van der Waals surface area contributed by atoms with Gasteiger partial charge in [-0.1, -0.05) is 0 Å². The van der Waals surface area contributed by atoms with E-state index in [-0.39, 0.29) is 0 Å². The fourth-order valence-electron chi connectivity index (χ4n) is 1.11. The molecule has 0 radical (unpaired) electrons. The van der Waals surface area contributed by atoms with Crippen molar-refractivity contribution >= 4 is 9.84 Å². The third-order valence-corrected chi connectivity index (χ3v) is 2.96. The molecule has 0 aromatic heterocycles. The van der Waals surface area contributed by atoms with Crippen LogP contribution in [0.3, 0.4) is 0 Å². The lowest BCUT2D eigenvalue weighted by Crippen LogP contribution is -2.53. The second-order valence-electron chi connectivity index (χ2n) is 3.05. The first-order valence-electron chi connectivity index (χ1n) is 3.40. The van der Waals surface area contributed by atoms with Crippen LogP contribution >= 0.6 is 0 Å². The largest absolute Gasteiger partial charge is 0.314 e. The molecule has 1 fully saturated rings. The molecule has 3 nitrogen and oxygen atoms in total. The van der Waals surface area contributed by atoms with Gasteiger partial charge in [-0.05, 0) is 6.92 Å². The predicted molar refractivity (Wildman–Crippen MR) is 40.7 cm³/mol. The van der Waals surface area contributed by atoms with Gasteiger partial charge in [-0.15, -0.1) is 0 Å². The zero-order chi connectivity index (χ0) is 7.78. The van der Waals surface area contributed by atoms with Gasteiger partial charge in [0.2, 0.25) is 0 Å². The van der Waals surface area contributed by atoms with Crippen LogP contribution in [-0.4, -0.2) is 33.0 Å². The molecule has 1 aliphatic rings. The molecule has 1 heterocycles. The summed E-state index contributed by atoms with van der Waals surface area (Å²) in [6.45, 7) is 2.87. The molecule has 1 unspecified atom stereocenters. The van der Waals surface area contributed by atoms with Crippen LogP contribution in [0.2, 0.25) is 0 Å². The van der Waals surface area contributed by atoms with E-state index in [1.807, 2.05) is 6.92 Å². The summed E-state index contributed by atoms with van der Waals surface area (Å²) in [7, 11) is -2.76. The van der Waals surface area contributed by atoms with E-state index in [4.69, 9.17) is 0 Å². The van der Waals surface area contributed by atoms with Crippen LogP contribution < -0.4 is 5.32 Å². The van der Waals surface area contributed by atoms with Crippen LogP contribution in [-0.2, 0) is 9.84 Å². The first-order valence-corrected chi connectivity index (χ1v) is 5.46. The Morgan fingerprint density at radius 1 is 1.60 bits per heavy atom. The van der Waals surface area contributed by atoms with Gasteiger partial charge in [-0.2, -0.15) is 0 Å². The fourth-order valence-corrected chi connectivity index (χ4v) is 2.30. The Labute approximate surface area is 61.7 Å². The molecule has 0 aromatic rings. The van der Waals surface area contributed by atoms with Crippen LogP contribution in [0.5, 0.6) is 0 Å². The third-order valence-electron chi connectivity index (χ3n) is 1.93. The summed E-state index contributed by atoms with van der Waals surface area (Å²) in [6.07, 6.45) is 1.29. The average molecular weight is 163 g/mol. The molecule has 0 aliphatic carbocycles. The van der Waals surface area contributed by atoms with E-state index in [1.54, 1.807) is 0 Å². The molecular weight excluding hydrogens is 150 g/mol. The van der Waals surface area contributed by atoms with Crippen LogP contribution in [0.4, 0.5) is 0 Å². The highest BCUT2D eigenvalue weighted by Gasteiger charge is 2.28. The highest BCUT2D eigenvalue weighted by Crippen LogP contribution is 2.13. The summed E-state index contributed by atoms with van der Waals surface area (Å²) in [5.41, 5.74) is 0. The normalized spacial score (nSPS) is 33.4. The number of sulfone groups is 1. The molecule has 10 heavy (non-hydrogen) atoms. The maximum absolute atomic E-state index is 10.8. The lowest BCUT2D eigenvalue weighted by Gasteiger charge is -2.34. The van der Waals surface area contributed by atoms with Gasteiger partial charge in [0.1, 0.15) is 9.84 Å². The summed E-state index contributed by atoms with van der Waals surface area (Å²) in [5.74, 6) is 0.677. The Hall–Kier alpha value is -0.0900. The average Bonchev–Trinajstić information content (AvgIpc) is 1.78. The molecule has 4 heteroatoms. The molecule has 0 bridgehead atoms. The van der Waals surface area contributed by atoms with Crippen molar-refractivity contribution in [2.45, 2.75) is 13.0 Å². The molecule has 1 rings (SSSR count). The summed E-state index contributed by atoms with van der Waals surface area (Å²) < 4.78 is 21.5. The minimum absolute atomic E-state index is 0.334. The van der Waals surface area contributed by atoms with Crippen molar-refractivity contribution in [1.29, 1.82) is 0 Å². The minimum atomic E-state index is -2.76. The maximum Gasteiger partial charge on any atom is 0.147 e. The standard InChI is InChI=1S/C6H13NO2S/c1-5-6(3-7-5)4-10(2,8)9/h5-7H,3-4H2,1-2H3/t5-,6?/m0/s1. The molecule has 2 atom stereocenters. The summed E-state index contributed by atoms with van der Waals surface area (Å²) in [6, 6.07) is 0.384. The van der Waals surface area contributed by atoms with Crippen molar-refractivity contribution < 1.29 is 8.42 Å². The molecule has 0 aromatic carbocycles. The Morgan fingerprint density at radius 2 is 2.20 bits per heavy atom. The molecule has 1 aliphatic heterocycles. The van der Waals surface area contributed by atoms with E-state index in [9.17, 15) is 8.42 Å². The molecule has 1 saturated heterocycles. The first kappa shape index (κ1) is 8.01. The van der Waals surface area contributed by atoms with Gasteiger partial charge in [0, 0.05) is 24.8 Å². The number of nitrogens with one attached hydrogen (secondary N) is 1. The summed E-state index contributed by atoms with van der Waals surface area (Å²) >= 11 is 0. The van der Waals surface area contributed by atoms with E-state index in [1.165, 1.54) is 6.26 Å². The van der Waals surface area contributed by atoms with E-state index < -0.39 is 9.84 Å². The Kier molecular flexibility index (Phi) is 2.01. The second-order valence-corrected chi connectivity index (χ2v) is 5.23. The molecule has 0 saturated carbocycles. The Balaban J connectivity index is 2.40. The number of hydrogen-bond acceptors (Lipinski definition) is 3. The lowest BCUT2D eigenvalue weighted by molar-refractivity contribution is 0.276. The van der Waals surface area contributed by atoms with Crippen molar-refractivity contribution in [3.63, 3.8) is 0 Å². The molecule has 60 valence electrons. The zero-order valence-electron chi connectivity index (χ0n) is 6.29. The van der Waals surface area contributed by atoms with Gasteiger partial charge in [-0.3, -0.25) is 0 Å². The molecular formula is C6H13NO2S. The van der Waals surface area contributed by atoms with Crippen molar-refractivity contribution in [3.05, 3.63) is 0 Å². The maximum atomic E-state index is 10.8. The van der Waals surface area contributed by atoms with Crippen molar-refractivity contribution in [2.75, 3.05) is 18.6 Å². The highest BCUT2D eigenvalue weighted by atomic mass is 32.2. The van der Waals surface area contributed by atoms with Crippen LogP contribution in [0.1, 0.15) is 6.92 Å². The van der Waals surface area contributed by atoms with E-state index in [2.05, 4.69) is 5.32 Å². The summed E-state index contributed by atoms with van der Waals surface area (Å²) in [5, 5.41) is 3.12. The van der Waals surface area contributed by atoms with Gasteiger partial charge < -0.3 is 5.32 Å². The van der Waals surface area contributed by atoms with E-state index in [0.717, 1.165) is 6.54 Å². The van der Waals surface area contributed by atoms with Gasteiger partial charge in [0.05, 0.1) is 5.75 Å². The fraction of sp³-hybridized carbons (Fsp3) is 1.00. The van der Waals surface area contributed by atoms with Crippen LogP contribution in [0.25, 0.3) is 0 Å². The third kappa shape index (κ3) is 1.95. The minimum Gasteiger partial charge on any atom is -0.314 e. The van der Waals surface area contributed by atoms with Gasteiger partial charge in [0.15, 0.2) is 0 Å². The zero-order valence-corrected chi connectivity index (χ0v) is 7.11. The van der Waals surface area contributed by atoms with Gasteiger partial charge in [0.25, 0.3) is 0 Å². The van der Waals surface area contributed by atoms with Crippen molar-refractivity contribution in [2.24, 2.45) is 5.92 Å². The second kappa shape index (κ2) is 2.51. The molecule has 0 amide bonds. The molecule has 1 N–H and O–H groups in total. The molecule has 0 spiro atoms. The highest BCUT2D eigenvalue weighted by molar-refractivity contribution is 7.90. The number of hydrogen-bond donors (Lipinski definition) is 1.